The van der Waals surface area contributed by atoms with Gasteiger partial charge in [-0.25, -0.2) is 9.78 Å². The number of benzene rings is 2. The van der Waals surface area contributed by atoms with Crippen LogP contribution in [0, 0.1) is 0 Å². The summed E-state index contributed by atoms with van der Waals surface area (Å²) in [5, 5.41) is 2.70. The van der Waals surface area contributed by atoms with Gasteiger partial charge in [0.15, 0.2) is 0 Å². The van der Waals surface area contributed by atoms with Crippen molar-refractivity contribution >= 4 is 28.1 Å². The number of carbonyl (C=O) groups excluding carboxylic acids is 1. The van der Waals surface area contributed by atoms with Crippen LogP contribution in [0.5, 0.6) is 5.75 Å². The third-order valence-electron chi connectivity index (χ3n) is 3.64. The van der Waals surface area contributed by atoms with E-state index < -0.39 is 16.8 Å². The Kier molecular flexibility index (Phi) is 5.80. The Morgan fingerprint density at radius 3 is 2.65 bits per heavy atom. The Hall–Kier alpha value is -2.51. The number of carbonyl (C=O) groups is 1. The molecule has 0 aliphatic carbocycles. The highest BCUT2D eigenvalue weighted by Crippen LogP contribution is 2.27. The summed E-state index contributed by atoms with van der Waals surface area (Å²) in [7, 11) is 0.550. The van der Waals surface area contributed by atoms with Crippen LogP contribution in [0.25, 0.3) is 10.6 Å². The van der Waals surface area contributed by atoms with Crippen LogP contribution in [-0.2, 0) is 22.1 Å². The molecule has 1 aromatic heterocycles. The lowest BCUT2D eigenvalue weighted by atomic mass is 10.2. The molecule has 0 bridgehead atoms. The number of hydrogen-bond acceptors (Lipinski definition) is 6. The van der Waals surface area contributed by atoms with Crippen molar-refractivity contribution in [1.82, 2.24) is 4.98 Å². The summed E-state index contributed by atoms with van der Waals surface area (Å²) in [4.78, 5) is 17.3. The average molecular weight is 387 g/mol. The topological polar surface area (TPSA) is 65.5 Å². The monoisotopic (exact) mass is 387 g/mol. The molecule has 5 nitrogen and oxygen atoms in total. The molecule has 26 heavy (non-hydrogen) atoms. The number of aromatic nitrogens is 1. The zero-order chi connectivity index (χ0) is 18.5. The van der Waals surface area contributed by atoms with Gasteiger partial charge >= 0.3 is 5.97 Å². The van der Waals surface area contributed by atoms with Gasteiger partial charge < -0.3 is 9.47 Å². The number of rotatable bonds is 6. The van der Waals surface area contributed by atoms with E-state index >= 15 is 0 Å². The van der Waals surface area contributed by atoms with Crippen LogP contribution < -0.4 is 4.74 Å². The highest BCUT2D eigenvalue weighted by atomic mass is 32.2. The maximum absolute atomic E-state index is 12.1. The summed E-state index contributed by atoms with van der Waals surface area (Å²) >= 11 is 1.48. The number of nitrogens with zero attached hydrogens (tertiary/aromatic N) is 1. The lowest BCUT2D eigenvalue weighted by Crippen LogP contribution is -2.05. The third kappa shape index (κ3) is 4.36. The fraction of sp³-hybridized carbons (Fsp3) is 0.158. The van der Waals surface area contributed by atoms with E-state index in [9.17, 15) is 9.00 Å². The van der Waals surface area contributed by atoms with Gasteiger partial charge in [0.05, 0.1) is 18.4 Å². The van der Waals surface area contributed by atoms with E-state index in [1.807, 2.05) is 29.6 Å². The Labute approximate surface area is 158 Å². The van der Waals surface area contributed by atoms with Crippen LogP contribution in [0.15, 0.2) is 58.8 Å². The molecule has 0 radical (unpaired) electrons. The van der Waals surface area contributed by atoms with E-state index in [1.165, 1.54) is 11.3 Å². The molecule has 1 atom stereocenters. The Morgan fingerprint density at radius 2 is 1.96 bits per heavy atom. The molecule has 0 aliphatic rings. The molecule has 3 rings (SSSR count). The Morgan fingerprint density at radius 1 is 1.19 bits per heavy atom. The summed E-state index contributed by atoms with van der Waals surface area (Å²) < 4.78 is 21.9. The van der Waals surface area contributed by atoms with Crippen molar-refractivity contribution in [2.45, 2.75) is 11.5 Å². The van der Waals surface area contributed by atoms with Crippen LogP contribution in [0.1, 0.15) is 16.1 Å². The predicted molar refractivity (Wildman–Crippen MR) is 102 cm³/mol. The van der Waals surface area contributed by atoms with Crippen LogP contribution in [-0.4, -0.2) is 28.5 Å². The number of esters is 1. The normalized spacial score (nSPS) is 11.8. The SMILES string of the molecule is COc1cccc(-c2nc(COC(=O)c3ccc(S(C)=O)cc3)cs2)c1. The van der Waals surface area contributed by atoms with E-state index in [1.54, 1.807) is 37.6 Å². The predicted octanol–water partition coefficient (Wildman–Crippen LogP) is 3.91. The van der Waals surface area contributed by atoms with Crippen LogP contribution in [0.2, 0.25) is 0 Å². The van der Waals surface area contributed by atoms with Gasteiger partial charge in [-0.1, -0.05) is 12.1 Å². The number of methoxy groups -OCH3 is 1. The number of thiazole rings is 1. The second-order valence-corrected chi connectivity index (χ2v) is 7.67. The van der Waals surface area contributed by atoms with Crippen molar-refractivity contribution in [3.8, 4) is 16.3 Å². The summed E-state index contributed by atoms with van der Waals surface area (Å²) in [5.41, 5.74) is 2.06. The lowest BCUT2D eigenvalue weighted by Gasteiger charge is -2.04. The first-order valence-corrected chi connectivity index (χ1v) is 10.2. The largest absolute Gasteiger partial charge is 0.497 e. The first-order chi connectivity index (χ1) is 12.6. The molecule has 0 saturated carbocycles. The molecule has 1 heterocycles. The zero-order valence-corrected chi connectivity index (χ0v) is 15.9. The molecule has 134 valence electrons. The van der Waals surface area contributed by atoms with Crippen molar-refractivity contribution in [2.75, 3.05) is 13.4 Å². The number of hydrogen-bond donors (Lipinski definition) is 0. The van der Waals surface area contributed by atoms with Crippen LogP contribution in [0.3, 0.4) is 0 Å². The fourth-order valence-electron chi connectivity index (χ4n) is 2.27. The first-order valence-electron chi connectivity index (χ1n) is 7.76. The molecule has 2 aromatic carbocycles. The van der Waals surface area contributed by atoms with Crippen molar-refractivity contribution in [2.24, 2.45) is 0 Å². The Bertz CT molecular complexity index is 935. The molecule has 0 fully saturated rings. The molecular weight excluding hydrogens is 370 g/mol. The van der Waals surface area contributed by atoms with Gasteiger partial charge in [0.1, 0.15) is 17.4 Å². The molecule has 0 amide bonds. The molecule has 3 aromatic rings. The molecule has 0 aliphatic heterocycles. The van der Waals surface area contributed by atoms with E-state index in [4.69, 9.17) is 9.47 Å². The van der Waals surface area contributed by atoms with Crippen molar-refractivity contribution in [3.05, 3.63) is 65.2 Å². The average Bonchev–Trinajstić information content (AvgIpc) is 3.15. The summed E-state index contributed by atoms with van der Waals surface area (Å²) in [6.45, 7) is 0.0980. The minimum atomic E-state index is -1.07. The maximum atomic E-state index is 12.1. The van der Waals surface area contributed by atoms with Gasteiger partial charge in [-0.3, -0.25) is 4.21 Å². The minimum absolute atomic E-state index is 0.0980. The lowest BCUT2D eigenvalue weighted by molar-refractivity contribution is 0.0468. The highest BCUT2D eigenvalue weighted by molar-refractivity contribution is 7.84. The fourth-order valence-corrected chi connectivity index (χ4v) is 3.59. The van der Waals surface area contributed by atoms with E-state index in [-0.39, 0.29) is 6.61 Å². The zero-order valence-electron chi connectivity index (χ0n) is 14.3. The highest BCUT2D eigenvalue weighted by Gasteiger charge is 2.11. The summed E-state index contributed by atoms with van der Waals surface area (Å²) in [6.07, 6.45) is 1.59. The molecule has 0 spiro atoms. The maximum Gasteiger partial charge on any atom is 0.338 e. The van der Waals surface area contributed by atoms with Crippen molar-refractivity contribution < 1.29 is 18.5 Å². The third-order valence-corrected chi connectivity index (χ3v) is 5.52. The van der Waals surface area contributed by atoms with Crippen molar-refractivity contribution in [1.29, 1.82) is 0 Å². The van der Waals surface area contributed by atoms with Gasteiger partial charge in [-0.2, -0.15) is 0 Å². The van der Waals surface area contributed by atoms with Crippen LogP contribution >= 0.6 is 11.3 Å². The second-order valence-electron chi connectivity index (χ2n) is 5.43. The van der Waals surface area contributed by atoms with Crippen molar-refractivity contribution in [3.63, 3.8) is 0 Å². The van der Waals surface area contributed by atoms with E-state index in [2.05, 4.69) is 4.98 Å². The first kappa shape index (κ1) is 18.3. The second kappa shape index (κ2) is 8.25. The van der Waals surface area contributed by atoms with Crippen LogP contribution in [0.4, 0.5) is 0 Å². The quantitative estimate of drug-likeness (QED) is 0.600. The standard InChI is InChI=1S/C19H17NO4S2/c1-23-16-5-3-4-14(10-16)18-20-15(12-25-18)11-24-19(21)13-6-8-17(9-7-13)26(2)22/h3-10,12H,11H2,1-2H3. The molecule has 7 heteroatoms. The van der Waals surface area contributed by atoms with Gasteiger partial charge in [-0.15, -0.1) is 11.3 Å². The minimum Gasteiger partial charge on any atom is -0.497 e. The van der Waals surface area contributed by atoms with E-state index in [0.29, 0.717) is 16.2 Å². The molecule has 1 unspecified atom stereocenters. The van der Waals surface area contributed by atoms with E-state index in [0.717, 1.165) is 16.3 Å². The summed E-state index contributed by atoms with van der Waals surface area (Å²) in [5.74, 6) is 0.330. The van der Waals surface area contributed by atoms with Gasteiger partial charge in [0.25, 0.3) is 0 Å². The molecular formula is C19H17NO4S2. The molecule has 0 saturated heterocycles. The number of ether oxygens (including phenoxy) is 2. The smallest absolute Gasteiger partial charge is 0.338 e. The molecule has 0 N–H and O–H groups in total. The van der Waals surface area contributed by atoms with Gasteiger partial charge in [-0.05, 0) is 36.4 Å². The Balaban J connectivity index is 1.64. The summed E-state index contributed by atoms with van der Waals surface area (Å²) in [6, 6.07) is 14.2. The van der Waals surface area contributed by atoms with Gasteiger partial charge in [0.2, 0.25) is 0 Å². The van der Waals surface area contributed by atoms with Gasteiger partial charge in [0, 0.05) is 32.9 Å².